The van der Waals surface area contributed by atoms with Crippen molar-refractivity contribution in [3.05, 3.63) is 81.5 Å². The summed E-state index contributed by atoms with van der Waals surface area (Å²) >= 11 is 3.05. The van der Waals surface area contributed by atoms with Crippen molar-refractivity contribution in [3.8, 4) is 6.07 Å². The number of carbonyl (C=O) groups excluding carboxylic acids is 2. The lowest BCUT2D eigenvalue weighted by atomic mass is 10.1. The zero-order valence-corrected chi connectivity index (χ0v) is 17.7. The van der Waals surface area contributed by atoms with Gasteiger partial charge in [-0.3, -0.25) is 4.79 Å². The molecule has 0 radical (unpaired) electrons. The normalized spacial score (nSPS) is 12.7. The quantitative estimate of drug-likeness (QED) is 0.553. The van der Waals surface area contributed by atoms with Crippen molar-refractivity contribution < 1.29 is 14.3 Å². The Morgan fingerprint density at radius 3 is 2.70 bits per heavy atom. The summed E-state index contributed by atoms with van der Waals surface area (Å²) in [6.45, 7) is 0.917. The van der Waals surface area contributed by atoms with Gasteiger partial charge in [0.25, 0.3) is 5.91 Å². The first-order valence-corrected chi connectivity index (χ1v) is 11.1. The average Bonchev–Trinajstić information content (AvgIpc) is 3.26. The summed E-state index contributed by atoms with van der Waals surface area (Å²) in [5, 5.41) is 11.3. The highest BCUT2D eigenvalue weighted by Crippen LogP contribution is 2.33. The summed E-state index contributed by atoms with van der Waals surface area (Å²) in [5.41, 5.74) is 2.09. The Kier molecular flexibility index (Phi) is 6.17. The third kappa shape index (κ3) is 4.40. The molecule has 0 saturated heterocycles. The van der Waals surface area contributed by atoms with Gasteiger partial charge in [0.05, 0.1) is 11.1 Å². The molecule has 4 rings (SSSR count). The van der Waals surface area contributed by atoms with Crippen LogP contribution >= 0.6 is 23.1 Å². The molecule has 0 aliphatic carbocycles. The summed E-state index contributed by atoms with van der Waals surface area (Å²) in [4.78, 5) is 29.7. The van der Waals surface area contributed by atoms with E-state index in [4.69, 9.17) is 4.74 Å². The van der Waals surface area contributed by atoms with Crippen LogP contribution in [0.15, 0.2) is 69.8 Å². The summed E-state index contributed by atoms with van der Waals surface area (Å²) < 4.78 is 5.34. The molecular formula is C23H18N2O3S2. The van der Waals surface area contributed by atoms with Crippen LogP contribution in [0.4, 0.5) is 0 Å². The molecule has 0 N–H and O–H groups in total. The van der Waals surface area contributed by atoms with Crippen LogP contribution in [-0.4, -0.2) is 29.9 Å². The molecule has 2 aromatic carbocycles. The first kappa shape index (κ1) is 20.2. The highest BCUT2D eigenvalue weighted by molar-refractivity contribution is 7.99. The first-order valence-electron chi connectivity index (χ1n) is 9.42. The van der Waals surface area contributed by atoms with Crippen molar-refractivity contribution in [2.75, 3.05) is 13.2 Å². The van der Waals surface area contributed by atoms with Crippen molar-refractivity contribution in [2.45, 2.75) is 22.8 Å². The number of thiophene rings is 1. The van der Waals surface area contributed by atoms with Gasteiger partial charge in [0.1, 0.15) is 6.07 Å². The monoisotopic (exact) mass is 434 g/mol. The number of esters is 1. The molecule has 0 unspecified atom stereocenters. The Morgan fingerprint density at radius 2 is 1.87 bits per heavy atom. The molecular weight excluding hydrogens is 416 g/mol. The van der Waals surface area contributed by atoms with Crippen molar-refractivity contribution in [2.24, 2.45) is 0 Å². The van der Waals surface area contributed by atoms with Crippen LogP contribution < -0.4 is 0 Å². The number of benzene rings is 2. The smallest absolute Gasteiger partial charge is 0.339 e. The molecule has 5 nitrogen and oxygen atoms in total. The van der Waals surface area contributed by atoms with Crippen LogP contribution in [0.5, 0.6) is 0 Å². The van der Waals surface area contributed by atoms with Gasteiger partial charge in [0, 0.05) is 27.8 Å². The Bertz CT molecular complexity index is 1130. The molecule has 1 aromatic heterocycles. The number of ether oxygens (including phenoxy) is 1. The second-order valence-electron chi connectivity index (χ2n) is 6.72. The second kappa shape index (κ2) is 9.16. The average molecular weight is 435 g/mol. The molecule has 150 valence electrons. The van der Waals surface area contributed by atoms with Gasteiger partial charge >= 0.3 is 5.97 Å². The molecule has 0 atom stereocenters. The van der Waals surface area contributed by atoms with Crippen LogP contribution in [0.3, 0.4) is 0 Å². The first-order chi connectivity index (χ1) is 14.7. The molecule has 0 saturated carbocycles. The SMILES string of the molecule is N#Cc1ccccc1Sc1ccccc1C(=O)OCC(=O)N1CCc2sccc2C1. The minimum absolute atomic E-state index is 0.194. The van der Waals surface area contributed by atoms with Crippen LogP contribution in [0.25, 0.3) is 0 Å². The lowest BCUT2D eigenvalue weighted by molar-refractivity contribution is -0.135. The third-order valence-corrected chi connectivity index (χ3v) is 7.00. The van der Waals surface area contributed by atoms with E-state index in [0.717, 1.165) is 11.3 Å². The minimum atomic E-state index is -0.547. The second-order valence-corrected chi connectivity index (χ2v) is 8.80. The van der Waals surface area contributed by atoms with E-state index in [2.05, 4.69) is 6.07 Å². The Morgan fingerprint density at radius 1 is 1.10 bits per heavy atom. The van der Waals surface area contributed by atoms with Crippen LogP contribution in [0.1, 0.15) is 26.4 Å². The topological polar surface area (TPSA) is 70.4 Å². The predicted molar refractivity (Wildman–Crippen MR) is 115 cm³/mol. The summed E-state index contributed by atoms with van der Waals surface area (Å²) in [5.74, 6) is -0.741. The highest BCUT2D eigenvalue weighted by Gasteiger charge is 2.23. The fourth-order valence-electron chi connectivity index (χ4n) is 3.25. The predicted octanol–water partition coefficient (Wildman–Crippen LogP) is 4.51. The highest BCUT2D eigenvalue weighted by atomic mass is 32.2. The molecule has 1 amide bonds. The Hall–Kier alpha value is -3.08. The molecule has 0 spiro atoms. The maximum Gasteiger partial charge on any atom is 0.339 e. The number of hydrogen-bond donors (Lipinski definition) is 0. The van der Waals surface area contributed by atoms with Crippen molar-refractivity contribution in [1.29, 1.82) is 5.26 Å². The fourth-order valence-corrected chi connectivity index (χ4v) is 5.15. The maximum absolute atomic E-state index is 12.7. The molecule has 3 aromatic rings. The minimum Gasteiger partial charge on any atom is -0.452 e. The number of hydrogen-bond acceptors (Lipinski definition) is 6. The number of nitrogens with zero attached hydrogens (tertiary/aromatic N) is 2. The number of carbonyl (C=O) groups is 2. The molecule has 0 bridgehead atoms. The van der Waals surface area contributed by atoms with Crippen molar-refractivity contribution >= 4 is 35.0 Å². The Balaban J connectivity index is 1.42. The fraction of sp³-hybridized carbons (Fsp3) is 0.174. The molecule has 1 aliphatic heterocycles. The van der Waals surface area contributed by atoms with E-state index in [-0.39, 0.29) is 12.5 Å². The van der Waals surface area contributed by atoms with E-state index in [0.29, 0.717) is 29.1 Å². The van der Waals surface area contributed by atoms with Gasteiger partial charge in [-0.25, -0.2) is 4.79 Å². The summed E-state index contributed by atoms with van der Waals surface area (Å²) in [7, 11) is 0. The third-order valence-electron chi connectivity index (χ3n) is 4.82. The zero-order chi connectivity index (χ0) is 20.9. The maximum atomic E-state index is 12.7. The molecule has 7 heteroatoms. The van der Waals surface area contributed by atoms with Gasteiger partial charge in [0.2, 0.25) is 0 Å². The van der Waals surface area contributed by atoms with E-state index in [1.54, 1.807) is 46.6 Å². The van der Waals surface area contributed by atoms with Gasteiger partial charge in [-0.2, -0.15) is 5.26 Å². The van der Waals surface area contributed by atoms with Crippen molar-refractivity contribution in [1.82, 2.24) is 4.90 Å². The van der Waals surface area contributed by atoms with Gasteiger partial charge < -0.3 is 9.64 Å². The lowest BCUT2D eigenvalue weighted by Gasteiger charge is -2.26. The molecule has 1 aliphatic rings. The van der Waals surface area contributed by atoms with Crippen molar-refractivity contribution in [3.63, 3.8) is 0 Å². The molecule has 2 heterocycles. The lowest BCUT2D eigenvalue weighted by Crippen LogP contribution is -2.38. The van der Waals surface area contributed by atoms with Crippen LogP contribution in [-0.2, 0) is 22.5 Å². The Labute approximate surface area is 182 Å². The van der Waals surface area contributed by atoms with E-state index < -0.39 is 5.97 Å². The number of rotatable bonds is 5. The van der Waals surface area contributed by atoms with E-state index in [1.165, 1.54) is 22.2 Å². The number of amides is 1. The van der Waals surface area contributed by atoms with E-state index >= 15 is 0 Å². The van der Waals surface area contributed by atoms with Crippen LogP contribution in [0, 0.1) is 11.3 Å². The van der Waals surface area contributed by atoms with Gasteiger partial charge in [0.15, 0.2) is 6.61 Å². The molecule has 30 heavy (non-hydrogen) atoms. The van der Waals surface area contributed by atoms with Crippen LogP contribution in [0.2, 0.25) is 0 Å². The number of fused-ring (bicyclic) bond motifs is 1. The van der Waals surface area contributed by atoms with E-state index in [9.17, 15) is 14.9 Å². The number of nitriles is 1. The standard InChI is InChI=1S/C23H18N2O3S2/c24-13-16-5-1-3-7-20(16)30-21-8-4-2-6-18(21)23(27)28-15-22(26)25-11-9-19-17(14-25)10-12-29-19/h1-8,10,12H,9,11,14-15H2. The van der Waals surface area contributed by atoms with Gasteiger partial charge in [-0.1, -0.05) is 36.0 Å². The van der Waals surface area contributed by atoms with E-state index in [1.807, 2.05) is 29.6 Å². The largest absolute Gasteiger partial charge is 0.452 e. The van der Waals surface area contributed by atoms with Gasteiger partial charge in [-0.05, 0) is 47.7 Å². The molecule has 0 fully saturated rings. The summed E-state index contributed by atoms with van der Waals surface area (Å²) in [6, 6.07) is 18.5. The van der Waals surface area contributed by atoms with Gasteiger partial charge in [-0.15, -0.1) is 11.3 Å². The zero-order valence-electron chi connectivity index (χ0n) is 16.0. The summed E-state index contributed by atoms with van der Waals surface area (Å²) in [6.07, 6.45) is 0.838.